The maximum atomic E-state index is 9.18. The summed E-state index contributed by atoms with van der Waals surface area (Å²) in [6, 6.07) is 0. The van der Waals surface area contributed by atoms with E-state index >= 15 is 0 Å². The van der Waals surface area contributed by atoms with Crippen molar-refractivity contribution in [2.75, 3.05) is 0 Å². The molecule has 56 valence electrons. The molecule has 0 aromatic rings. The van der Waals surface area contributed by atoms with Crippen LogP contribution in [0.15, 0.2) is 36.6 Å². The van der Waals surface area contributed by atoms with Gasteiger partial charge in [-0.3, -0.25) is 0 Å². The van der Waals surface area contributed by atoms with E-state index in [1.165, 1.54) is 6.08 Å². The van der Waals surface area contributed by atoms with E-state index in [1.807, 2.05) is 13.8 Å². The summed E-state index contributed by atoms with van der Waals surface area (Å²) in [7, 11) is 0. The predicted molar refractivity (Wildman–Crippen MR) is 44.9 cm³/mol. The van der Waals surface area contributed by atoms with Crippen LogP contribution in [0.5, 0.6) is 0 Å². The zero-order chi connectivity index (χ0) is 8.15. The van der Waals surface area contributed by atoms with Crippen molar-refractivity contribution in [3.8, 4) is 0 Å². The van der Waals surface area contributed by atoms with Crippen molar-refractivity contribution in [3.63, 3.8) is 0 Å². The molecule has 1 N–H and O–H groups in total. The second-order valence-corrected chi connectivity index (χ2v) is 2.40. The van der Waals surface area contributed by atoms with Crippen LogP contribution in [0, 0.1) is 5.92 Å². The van der Waals surface area contributed by atoms with Crippen molar-refractivity contribution >= 4 is 0 Å². The van der Waals surface area contributed by atoms with Gasteiger partial charge in [0.2, 0.25) is 0 Å². The molecule has 0 unspecified atom stereocenters. The molecule has 0 atom stereocenters. The Balaban J connectivity index is 4.61. The standard InChI is InChI=1S/C9H14O/c1-5-8(7(3)4)9(10)6-2/h5-7,10H,1-2H2,3-4H3/b9-8-. The van der Waals surface area contributed by atoms with Gasteiger partial charge in [0.15, 0.2) is 0 Å². The first-order valence-electron chi connectivity index (χ1n) is 3.31. The maximum Gasteiger partial charge on any atom is 0.118 e. The summed E-state index contributed by atoms with van der Waals surface area (Å²) >= 11 is 0. The SMILES string of the molecule is C=C/C(O)=C(\C=C)C(C)C. The van der Waals surface area contributed by atoms with Gasteiger partial charge in [-0.15, -0.1) is 0 Å². The molecule has 0 aliphatic carbocycles. The third-order valence-electron chi connectivity index (χ3n) is 1.33. The van der Waals surface area contributed by atoms with Crippen molar-refractivity contribution in [3.05, 3.63) is 36.6 Å². The molecule has 0 saturated carbocycles. The van der Waals surface area contributed by atoms with Crippen molar-refractivity contribution in [1.82, 2.24) is 0 Å². The highest BCUT2D eigenvalue weighted by molar-refractivity contribution is 5.27. The lowest BCUT2D eigenvalue weighted by molar-refractivity contribution is 0.420. The maximum absolute atomic E-state index is 9.18. The van der Waals surface area contributed by atoms with Gasteiger partial charge < -0.3 is 5.11 Å². The van der Waals surface area contributed by atoms with Gasteiger partial charge in [0, 0.05) is 0 Å². The summed E-state index contributed by atoms with van der Waals surface area (Å²) in [5.74, 6) is 0.528. The second-order valence-electron chi connectivity index (χ2n) is 2.40. The Labute approximate surface area is 62.4 Å². The Kier molecular flexibility index (Phi) is 3.55. The summed E-state index contributed by atoms with van der Waals surface area (Å²) in [6.45, 7) is 11.0. The Hall–Kier alpha value is -0.980. The average Bonchev–Trinajstić information content (AvgIpc) is 1.88. The van der Waals surface area contributed by atoms with Crippen LogP contribution in [-0.4, -0.2) is 5.11 Å². The first-order valence-corrected chi connectivity index (χ1v) is 3.31. The van der Waals surface area contributed by atoms with Crippen LogP contribution < -0.4 is 0 Å². The van der Waals surface area contributed by atoms with Crippen molar-refractivity contribution < 1.29 is 5.11 Å². The highest BCUT2D eigenvalue weighted by atomic mass is 16.3. The fourth-order valence-electron chi connectivity index (χ4n) is 0.754. The zero-order valence-corrected chi connectivity index (χ0v) is 6.59. The van der Waals surface area contributed by atoms with Gasteiger partial charge in [-0.05, 0) is 17.6 Å². The molecule has 1 heteroatoms. The quantitative estimate of drug-likeness (QED) is 0.469. The zero-order valence-electron chi connectivity index (χ0n) is 6.59. The number of allylic oxidation sites excluding steroid dienone is 3. The minimum Gasteiger partial charge on any atom is -0.508 e. The molecule has 1 nitrogen and oxygen atoms in total. The molecule has 10 heavy (non-hydrogen) atoms. The van der Waals surface area contributed by atoms with Crippen LogP contribution in [0.3, 0.4) is 0 Å². The van der Waals surface area contributed by atoms with E-state index in [1.54, 1.807) is 6.08 Å². The predicted octanol–water partition coefficient (Wildman–Crippen LogP) is 2.83. The first-order chi connectivity index (χ1) is 4.63. The number of rotatable bonds is 3. The molecule has 0 bridgehead atoms. The van der Waals surface area contributed by atoms with E-state index in [4.69, 9.17) is 0 Å². The van der Waals surface area contributed by atoms with Gasteiger partial charge in [0.05, 0.1) is 0 Å². The minimum atomic E-state index is 0.227. The largest absolute Gasteiger partial charge is 0.508 e. The molecule has 0 saturated heterocycles. The topological polar surface area (TPSA) is 20.2 Å². The number of hydrogen-bond donors (Lipinski definition) is 1. The first kappa shape index (κ1) is 9.02. The number of aliphatic hydroxyl groups excluding tert-OH is 1. The van der Waals surface area contributed by atoms with E-state index < -0.39 is 0 Å². The number of aliphatic hydroxyl groups is 1. The van der Waals surface area contributed by atoms with Gasteiger partial charge >= 0.3 is 0 Å². The third kappa shape index (κ3) is 2.09. The van der Waals surface area contributed by atoms with Gasteiger partial charge in [0.25, 0.3) is 0 Å². The van der Waals surface area contributed by atoms with E-state index in [0.29, 0.717) is 5.92 Å². The molecule has 0 amide bonds. The Morgan fingerprint density at radius 3 is 1.90 bits per heavy atom. The molecule has 0 radical (unpaired) electrons. The average molecular weight is 138 g/mol. The van der Waals surface area contributed by atoms with E-state index in [9.17, 15) is 5.11 Å². The molecule has 0 spiro atoms. The lowest BCUT2D eigenvalue weighted by atomic mass is 10.0. The highest BCUT2D eigenvalue weighted by Crippen LogP contribution is 2.14. The Morgan fingerprint density at radius 1 is 1.30 bits per heavy atom. The van der Waals surface area contributed by atoms with Gasteiger partial charge in [-0.25, -0.2) is 0 Å². The van der Waals surface area contributed by atoms with E-state index in [2.05, 4.69) is 13.2 Å². The molecular formula is C9H14O. The second kappa shape index (κ2) is 3.94. The molecule has 0 aliphatic rings. The van der Waals surface area contributed by atoms with Crippen LogP contribution in [0.25, 0.3) is 0 Å². The molecule has 0 aromatic carbocycles. The van der Waals surface area contributed by atoms with Gasteiger partial charge in [-0.2, -0.15) is 0 Å². The summed E-state index contributed by atoms with van der Waals surface area (Å²) < 4.78 is 0. The summed E-state index contributed by atoms with van der Waals surface area (Å²) in [6.07, 6.45) is 3.08. The molecule has 0 aliphatic heterocycles. The van der Waals surface area contributed by atoms with Crippen LogP contribution in [0.1, 0.15) is 13.8 Å². The summed E-state index contributed by atoms with van der Waals surface area (Å²) in [4.78, 5) is 0. The molecule has 0 fully saturated rings. The molecule has 0 heterocycles. The van der Waals surface area contributed by atoms with Crippen molar-refractivity contribution in [2.45, 2.75) is 13.8 Å². The highest BCUT2D eigenvalue weighted by Gasteiger charge is 2.02. The number of hydrogen-bond acceptors (Lipinski definition) is 1. The van der Waals surface area contributed by atoms with Crippen LogP contribution in [0.2, 0.25) is 0 Å². The molecule has 0 aromatic heterocycles. The summed E-state index contributed by atoms with van der Waals surface area (Å²) in [5.41, 5.74) is 0.843. The van der Waals surface area contributed by atoms with Gasteiger partial charge in [-0.1, -0.05) is 33.1 Å². The lowest BCUT2D eigenvalue weighted by Gasteiger charge is -2.06. The lowest BCUT2D eigenvalue weighted by Crippen LogP contribution is -1.94. The molecular weight excluding hydrogens is 124 g/mol. The monoisotopic (exact) mass is 138 g/mol. The third-order valence-corrected chi connectivity index (χ3v) is 1.33. The Bertz CT molecular complexity index is 164. The smallest absolute Gasteiger partial charge is 0.118 e. The van der Waals surface area contributed by atoms with Crippen molar-refractivity contribution in [1.29, 1.82) is 0 Å². The summed E-state index contributed by atoms with van der Waals surface area (Å²) in [5, 5.41) is 9.18. The van der Waals surface area contributed by atoms with E-state index in [0.717, 1.165) is 5.57 Å². The molecule has 0 rings (SSSR count). The fourth-order valence-corrected chi connectivity index (χ4v) is 0.754. The van der Waals surface area contributed by atoms with Crippen LogP contribution >= 0.6 is 0 Å². The fraction of sp³-hybridized carbons (Fsp3) is 0.333. The van der Waals surface area contributed by atoms with Gasteiger partial charge in [0.1, 0.15) is 5.76 Å². The van der Waals surface area contributed by atoms with Crippen LogP contribution in [0.4, 0.5) is 0 Å². The minimum absolute atomic E-state index is 0.227. The Morgan fingerprint density at radius 2 is 1.80 bits per heavy atom. The van der Waals surface area contributed by atoms with E-state index in [-0.39, 0.29) is 5.76 Å². The normalized spacial score (nSPS) is 12.7. The van der Waals surface area contributed by atoms with Crippen LogP contribution in [-0.2, 0) is 0 Å². The van der Waals surface area contributed by atoms with Crippen molar-refractivity contribution in [2.24, 2.45) is 5.92 Å².